The van der Waals surface area contributed by atoms with E-state index in [0.29, 0.717) is 5.75 Å². The summed E-state index contributed by atoms with van der Waals surface area (Å²) in [6.07, 6.45) is 2.68. The molecule has 1 N–H and O–H groups in total. The van der Waals surface area contributed by atoms with Crippen molar-refractivity contribution in [1.29, 1.82) is 0 Å². The first-order valence-corrected chi connectivity index (χ1v) is 5.84. The van der Waals surface area contributed by atoms with E-state index in [1.165, 1.54) is 12.1 Å². The van der Waals surface area contributed by atoms with Crippen molar-refractivity contribution < 1.29 is 14.2 Å². The highest BCUT2D eigenvalue weighted by molar-refractivity contribution is 5.35. The highest BCUT2D eigenvalue weighted by atomic mass is 19.1. The lowest BCUT2D eigenvalue weighted by atomic mass is 9.97. The van der Waals surface area contributed by atoms with Gasteiger partial charge < -0.3 is 9.84 Å². The average Bonchev–Trinajstić information content (AvgIpc) is 2.28. The largest absolute Gasteiger partial charge is 0.487 e. The first-order chi connectivity index (χ1) is 7.70. The van der Waals surface area contributed by atoms with Crippen molar-refractivity contribution in [3.63, 3.8) is 0 Å². The number of hydrogen-bond donors (Lipinski definition) is 1. The summed E-state index contributed by atoms with van der Waals surface area (Å²) in [5.74, 6) is 0.489. The molecule has 2 nitrogen and oxygen atoms in total. The van der Waals surface area contributed by atoms with Gasteiger partial charge in [0.25, 0.3) is 0 Å². The third-order valence-corrected chi connectivity index (χ3v) is 3.01. The van der Waals surface area contributed by atoms with Crippen molar-refractivity contribution in [1.82, 2.24) is 0 Å². The lowest BCUT2D eigenvalue weighted by Crippen LogP contribution is -2.34. The number of hydrogen-bond acceptors (Lipinski definition) is 2. The molecule has 0 saturated carbocycles. The minimum absolute atomic E-state index is 0.141. The maximum absolute atomic E-state index is 13.0. The number of benzene rings is 1. The van der Waals surface area contributed by atoms with Gasteiger partial charge in [0.1, 0.15) is 17.7 Å². The van der Waals surface area contributed by atoms with Crippen molar-refractivity contribution in [2.45, 2.75) is 44.8 Å². The van der Waals surface area contributed by atoms with Crippen LogP contribution in [0.2, 0.25) is 0 Å². The Hall–Kier alpha value is -1.09. The van der Waals surface area contributed by atoms with Crippen LogP contribution in [0.15, 0.2) is 18.2 Å². The van der Waals surface area contributed by atoms with Gasteiger partial charge in [-0.1, -0.05) is 13.3 Å². The fourth-order valence-corrected chi connectivity index (χ4v) is 2.13. The normalized spacial score (nSPS) is 21.1. The Kier molecular flexibility index (Phi) is 3.44. The monoisotopic (exact) mass is 224 g/mol. The zero-order chi connectivity index (χ0) is 11.5. The van der Waals surface area contributed by atoms with Crippen LogP contribution in [-0.2, 0) is 6.42 Å². The van der Waals surface area contributed by atoms with Crippen LogP contribution in [0.1, 0.15) is 31.7 Å². The number of aliphatic hydroxyl groups excluding tert-OH is 1. The molecule has 88 valence electrons. The molecule has 0 aromatic heterocycles. The van der Waals surface area contributed by atoms with E-state index in [1.807, 2.05) is 6.92 Å². The van der Waals surface area contributed by atoms with Gasteiger partial charge >= 0.3 is 0 Å². The predicted molar refractivity (Wildman–Crippen MR) is 60.1 cm³/mol. The SMILES string of the molecule is CCC[C@@H](O)[C@H]1CCc2cc(F)ccc2O1. The van der Waals surface area contributed by atoms with Gasteiger partial charge in [-0.05, 0) is 43.0 Å². The highest BCUT2D eigenvalue weighted by Gasteiger charge is 2.25. The van der Waals surface area contributed by atoms with E-state index in [4.69, 9.17) is 4.74 Å². The van der Waals surface area contributed by atoms with Gasteiger partial charge in [0.2, 0.25) is 0 Å². The van der Waals surface area contributed by atoms with E-state index in [-0.39, 0.29) is 11.9 Å². The number of halogens is 1. The van der Waals surface area contributed by atoms with Gasteiger partial charge in [-0.3, -0.25) is 0 Å². The van der Waals surface area contributed by atoms with E-state index in [1.54, 1.807) is 6.07 Å². The fraction of sp³-hybridized carbons (Fsp3) is 0.538. The fourth-order valence-electron chi connectivity index (χ4n) is 2.13. The van der Waals surface area contributed by atoms with Crippen LogP contribution in [0.5, 0.6) is 5.75 Å². The van der Waals surface area contributed by atoms with Gasteiger partial charge in [0.05, 0.1) is 6.10 Å². The minimum Gasteiger partial charge on any atom is -0.487 e. The van der Waals surface area contributed by atoms with Crippen molar-refractivity contribution in [3.8, 4) is 5.75 Å². The molecule has 0 radical (unpaired) electrons. The molecule has 0 unspecified atom stereocenters. The van der Waals surface area contributed by atoms with Gasteiger partial charge in [-0.15, -0.1) is 0 Å². The minimum atomic E-state index is -0.414. The molecule has 0 aliphatic carbocycles. The summed E-state index contributed by atoms with van der Waals surface area (Å²) in [6, 6.07) is 4.56. The molecule has 1 aliphatic rings. The Morgan fingerprint density at radius 3 is 3.12 bits per heavy atom. The van der Waals surface area contributed by atoms with Crippen molar-refractivity contribution >= 4 is 0 Å². The summed E-state index contributed by atoms with van der Waals surface area (Å²) >= 11 is 0. The Labute approximate surface area is 95.1 Å². The maximum atomic E-state index is 13.0. The van der Waals surface area contributed by atoms with Gasteiger partial charge in [-0.25, -0.2) is 4.39 Å². The highest BCUT2D eigenvalue weighted by Crippen LogP contribution is 2.29. The predicted octanol–water partition coefficient (Wildman–Crippen LogP) is 2.68. The third kappa shape index (κ3) is 2.35. The van der Waals surface area contributed by atoms with Crippen LogP contribution in [0.4, 0.5) is 4.39 Å². The van der Waals surface area contributed by atoms with E-state index < -0.39 is 6.10 Å². The van der Waals surface area contributed by atoms with E-state index in [9.17, 15) is 9.50 Å². The molecule has 0 fully saturated rings. The molecule has 1 aliphatic heterocycles. The molecular formula is C13H17FO2. The average molecular weight is 224 g/mol. The number of rotatable bonds is 3. The Morgan fingerprint density at radius 1 is 1.56 bits per heavy atom. The molecule has 2 atom stereocenters. The Bertz CT molecular complexity index is 365. The van der Waals surface area contributed by atoms with E-state index in [0.717, 1.165) is 31.2 Å². The molecule has 0 amide bonds. The number of aliphatic hydroxyl groups is 1. The lowest BCUT2D eigenvalue weighted by molar-refractivity contribution is 0.0186. The van der Waals surface area contributed by atoms with Gasteiger partial charge in [-0.2, -0.15) is 0 Å². The lowest BCUT2D eigenvalue weighted by Gasteiger charge is -2.29. The number of aryl methyl sites for hydroxylation is 1. The van der Waals surface area contributed by atoms with Crippen molar-refractivity contribution in [3.05, 3.63) is 29.6 Å². The zero-order valence-corrected chi connectivity index (χ0v) is 9.45. The molecular weight excluding hydrogens is 207 g/mol. The zero-order valence-electron chi connectivity index (χ0n) is 9.45. The van der Waals surface area contributed by atoms with Crippen LogP contribution in [-0.4, -0.2) is 17.3 Å². The Balaban J connectivity index is 2.09. The molecule has 1 heterocycles. The molecule has 2 rings (SSSR count). The van der Waals surface area contributed by atoms with Crippen LogP contribution >= 0.6 is 0 Å². The van der Waals surface area contributed by atoms with Crippen LogP contribution in [0.3, 0.4) is 0 Å². The van der Waals surface area contributed by atoms with Crippen molar-refractivity contribution in [2.75, 3.05) is 0 Å². The molecule has 0 bridgehead atoms. The number of ether oxygens (including phenoxy) is 1. The second kappa shape index (κ2) is 4.83. The first kappa shape index (κ1) is 11.4. The smallest absolute Gasteiger partial charge is 0.125 e. The second-order valence-corrected chi connectivity index (χ2v) is 4.30. The molecule has 1 aromatic carbocycles. The molecule has 0 spiro atoms. The third-order valence-electron chi connectivity index (χ3n) is 3.01. The van der Waals surface area contributed by atoms with Crippen LogP contribution < -0.4 is 4.74 Å². The molecule has 0 saturated heterocycles. The summed E-state index contributed by atoms with van der Waals surface area (Å²) in [6.45, 7) is 2.04. The van der Waals surface area contributed by atoms with Gasteiger partial charge in [0, 0.05) is 0 Å². The number of fused-ring (bicyclic) bond motifs is 1. The topological polar surface area (TPSA) is 29.5 Å². The van der Waals surface area contributed by atoms with Crippen molar-refractivity contribution in [2.24, 2.45) is 0 Å². The standard InChI is InChI=1S/C13H17FO2/c1-2-3-11(15)13-6-4-9-8-10(14)5-7-12(9)16-13/h5,7-8,11,13,15H,2-4,6H2,1H3/t11-,13-/m1/s1. The van der Waals surface area contributed by atoms with Crippen LogP contribution in [0, 0.1) is 5.82 Å². The Morgan fingerprint density at radius 2 is 2.38 bits per heavy atom. The second-order valence-electron chi connectivity index (χ2n) is 4.30. The quantitative estimate of drug-likeness (QED) is 0.855. The summed E-state index contributed by atoms with van der Waals surface area (Å²) in [7, 11) is 0. The van der Waals surface area contributed by atoms with E-state index in [2.05, 4.69) is 0 Å². The molecule has 1 aromatic rings. The van der Waals surface area contributed by atoms with Crippen LogP contribution in [0.25, 0.3) is 0 Å². The van der Waals surface area contributed by atoms with E-state index >= 15 is 0 Å². The maximum Gasteiger partial charge on any atom is 0.125 e. The van der Waals surface area contributed by atoms with Gasteiger partial charge in [0.15, 0.2) is 0 Å². The summed E-state index contributed by atoms with van der Waals surface area (Å²) < 4.78 is 18.7. The molecule has 16 heavy (non-hydrogen) atoms. The summed E-state index contributed by atoms with van der Waals surface area (Å²) in [4.78, 5) is 0. The summed E-state index contributed by atoms with van der Waals surface area (Å²) in [5.41, 5.74) is 0.903. The molecule has 3 heteroatoms. The first-order valence-electron chi connectivity index (χ1n) is 5.84. The summed E-state index contributed by atoms with van der Waals surface area (Å²) in [5, 5.41) is 9.86.